The zero-order valence-electron chi connectivity index (χ0n) is 12.3. The van der Waals surface area contributed by atoms with Gasteiger partial charge < -0.3 is 10.1 Å². The quantitative estimate of drug-likeness (QED) is 0.765. The highest BCUT2D eigenvalue weighted by Crippen LogP contribution is 2.17. The first-order chi connectivity index (χ1) is 10.2. The molecule has 1 aromatic heterocycles. The molecule has 2 aromatic rings. The Labute approximate surface area is 123 Å². The zero-order valence-corrected chi connectivity index (χ0v) is 12.3. The van der Waals surface area contributed by atoms with Crippen molar-refractivity contribution < 1.29 is 4.74 Å². The molecule has 0 spiro atoms. The van der Waals surface area contributed by atoms with Crippen LogP contribution in [0.15, 0.2) is 29.1 Å². The number of unbranched alkanes of at least 4 members (excludes halogenated alkanes) is 2. The first kappa shape index (κ1) is 15.0. The summed E-state index contributed by atoms with van der Waals surface area (Å²) in [6.07, 6.45) is 3.34. The third kappa shape index (κ3) is 4.05. The molecular formula is C15H20N4O2. The normalized spacial score (nSPS) is 10.4. The van der Waals surface area contributed by atoms with E-state index < -0.39 is 0 Å². The number of hydrogen-bond acceptors (Lipinski definition) is 5. The van der Waals surface area contributed by atoms with Crippen LogP contribution in [-0.4, -0.2) is 28.8 Å². The van der Waals surface area contributed by atoms with Crippen molar-refractivity contribution in [2.45, 2.75) is 26.2 Å². The van der Waals surface area contributed by atoms with Crippen LogP contribution < -0.4 is 15.6 Å². The van der Waals surface area contributed by atoms with E-state index in [1.54, 1.807) is 31.4 Å². The van der Waals surface area contributed by atoms with Gasteiger partial charge in [-0.25, -0.2) is 0 Å². The van der Waals surface area contributed by atoms with Crippen LogP contribution in [0.2, 0.25) is 0 Å². The number of hydrogen-bond donors (Lipinski definition) is 2. The van der Waals surface area contributed by atoms with E-state index in [-0.39, 0.29) is 5.56 Å². The largest absolute Gasteiger partial charge is 0.497 e. The molecular weight excluding hydrogens is 268 g/mol. The molecule has 0 aliphatic heterocycles. The number of benzene rings is 1. The molecule has 21 heavy (non-hydrogen) atoms. The summed E-state index contributed by atoms with van der Waals surface area (Å²) >= 11 is 0. The fraction of sp³-hybridized carbons (Fsp3) is 0.400. The summed E-state index contributed by atoms with van der Waals surface area (Å²) in [4.78, 5) is 14.8. The summed E-state index contributed by atoms with van der Waals surface area (Å²) in [5.41, 5.74) is 0.756. The lowest BCUT2D eigenvalue weighted by atomic mass is 10.1. The van der Waals surface area contributed by atoms with Crippen LogP contribution in [0.25, 0.3) is 11.3 Å². The van der Waals surface area contributed by atoms with Crippen LogP contribution in [0, 0.1) is 0 Å². The van der Waals surface area contributed by atoms with Crippen molar-refractivity contribution in [3.8, 4) is 17.0 Å². The Balaban J connectivity index is 2.09. The highest BCUT2D eigenvalue weighted by molar-refractivity contribution is 5.58. The molecule has 0 bridgehead atoms. The Hall–Kier alpha value is -2.37. The first-order valence-electron chi connectivity index (χ1n) is 7.10. The smallest absolute Gasteiger partial charge is 0.279 e. The molecule has 0 saturated carbocycles. The second-order valence-corrected chi connectivity index (χ2v) is 4.71. The summed E-state index contributed by atoms with van der Waals surface area (Å²) in [6, 6.07) is 7.14. The van der Waals surface area contributed by atoms with Crippen LogP contribution in [0.5, 0.6) is 5.75 Å². The summed E-state index contributed by atoms with van der Waals surface area (Å²) in [5, 5.41) is 11.1. The van der Waals surface area contributed by atoms with E-state index in [0.717, 1.165) is 31.6 Å². The molecule has 0 unspecified atom stereocenters. The van der Waals surface area contributed by atoms with Crippen LogP contribution in [-0.2, 0) is 0 Å². The molecule has 0 aliphatic carbocycles. The van der Waals surface area contributed by atoms with Crippen molar-refractivity contribution in [1.29, 1.82) is 0 Å². The van der Waals surface area contributed by atoms with E-state index in [4.69, 9.17) is 4.74 Å². The molecule has 2 rings (SSSR count). The van der Waals surface area contributed by atoms with Gasteiger partial charge in [0.2, 0.25) is 5.95 Å². The highest BCUT2D eigenvalue weighted by Gasteiger charge is 2.07. The molecule has 6 nitrogen and oxygen atoms in total. The van der Waals surface area contributed by atoms with Crippen molar-refractivity contribution in [1.82, 2.24) is 15.2 Å². The van der Waals surface area contributed by atoms with E-state index in [2.05, 4.69) is 27.4 Å². The van der Waals surface area contributed by atoms with Gasteiger partial charge in [-0.1, -0.05) is 19.8 Å². The number of nitrogens with one attached hydrogen (secondary N) is 2. The van der Waals surface area contributed by atoms with Gasteiger partial charge in [0.25, 0.3) is 5.56 Å². The van der Waals surface area contributed by atoms with Crippen molar-refractivity contribution in [2.75, 3.05) is 19.0 Å². The fourth-order valence-corrected chi connectivity index (χ4v) is 1.94. The van der Waals surface area contributed by atoms with Crippen LogP contribution in [0.4, 0.5) is 5.95 Å². The first-order valence-corrected chi connectivity index (χ1v) is 7.10. The molecule has 0 fully saturated rings. The average Bonchev–Trinajstić information content (AvgIpc) is 2.52. The lowest BCUT2D eigenvalue weighted by Gasteiger charge is -2.05. The number of aromatic amines is 1. The monoisotopic (exact) mass is 288 g/mol. The van der Waals surface area contributed by atoms with E-state index in [0.29, 0.717) is 17.2 Å². The predicted molar refractivity (Wildman–Crippen MR) is 82.7 cm³/mol. The number of nitrogens with zero attached hydrogens (tertiary/aromatic N) is 2. The number of methoxy groups -OCH3 is 1. The minimum atomic E-state index is -0.256. The summed E-state index contributed by atoms with van der Waals surface area (Å²) in [6.45, 7) is 2.92. The highest BCUT2D eigenvalue weighted by atomic mass is 16.5. The molecule has 1 heterocycles. The Bertz CT molecular complexity index is 622. The predicted octanol–water partition coefficient (Wildman–Crippen LogP) is 2.44. The topological polar surface area (TPSA) is 79.9 Å². The minimum absolute atomic E-state index is 0.256. The summed E-state index contributed by atoms with van der Waals surface area (Å²) in [7, 11) is 1.60. The number of H-pyrrole nitrogens is 1. The fourth-order valence-electron chi connectivity index (χ4n) is 1.94. The molecule has 6 heteroatoms. The number of ether oxygens (including phenoxy) is 1. The molecule has 0 atom stereocenters. The third-order valence-corrected chi connectivity index (χ3v) is 3.13. The van der Waals surface area contributed by atoms with E-state index in [1.807, 2.05) is 0 Å². The van der Waals surface area contributed by atoms with E-state index >= 15 is 0 Å². The van der Waals surface area contributed by atoms with Gasteiger partial charge in [-0.3, -0.25) is 9.78 Å². The maximum Gasteiger partial charge on any atom is 0.279 e. The molecule has 2 N–H and O–H groups in total. The molecule has 1 aromatic carbocycles. The van der Waals surface area contributed by atoms with Crippen molar-refractivity contribution in [3.05, 3.63) is 34.6 Å². The Morgan fingerprint density at radius 3 is 2.57 bits per heavy atom. The molecule has 0 radical (unpaired) electrons. The van der Waals surface area contributed by atoms with Gasteiger partial charge >= 0.3 is 0 Å². The van der Waals surface area contributed by atoms with Crippen molar-refractivity contribution in [2.24, 2.45) is 0 Å². The SMILES string of the molecule is CCCCCNc1nnc(-c2ccc(OC)cc2)c(=O)[nH]1. The Morgan fingerprint density at radius 2 is 1.95 bits per heavy atom. The lowest BCUT2D eigenvalue weighted by molar-refractivity contribution is 0.415. The second kappa shape index (κ2) is 7.42. The van der Waals surface area contributed by atoms with E-state index in [1.165, 1.54) is 0 Å². The number of aromatic nitrogens is 3. The number of rotatable bonds is 7. The van der Waals surface area contributed by atoms with Crippen LogP contribution in [0.1, 0.15) is 26.2 Å². The molecule has 112 valence electrons. The standard InChI is InChI=1S/C15H20N4O2/c1-3-4-5-10-16-15-17-14(20)13(18-19-15)11-6-8-12(21-2)9-7-11/h6-9H,3-5,10H2,1-2H3,(H2,16,17,19,20). The van der Waals surface area contributed by atoms with E-state index in [9.17, 15) is 4.79 Å². The van der Waals surface area contributed by atoms with Gasteiger partial charge in [0.1, 0.15) is 5.75 Å². The molecule has 0 amide bonds. The minimum Gasteiger partial charge on any atom is -0.497 e. The summed E-state index contributed by atoms with van der Waals surface area (Å²) in [5.74, 6) is 1.14. The number of anilines is 1. The zero-order chi connectivity index (χ0) is 15.1. The average molecular weight is 288 g/mol. The van der Waals surface area contributed by atoms with Crippen LogP contribution in [0.3, 0.4) is 0 Å². The third-order valence-electron chi connectivity index (χ3n) is 3.13. The maximum absolute atomic E-state index is 12.1. The van der Waals surface area contributed by atoms with Crippen LogP contribution >= 0.6 is 0 Å². The van der Waals surface area contributed by atoms with Gasteiger partial charge in [0.15, 0.2) is 5.69 Å². The van der Waals surface area contributed by atoms with Gasteiger partial charge in [0, 0.05) is 12.1 Å². The summed E-state index contributed by atoms with van der Waals surface area (Å²) < 4.78 is 5.09. The Morgan fingerprint density at radius 1 is 1.19 bits per heavy atom. The Kier molecular flexibility index (Phi) is 5.31. The van der Waals surface area contributed by atoms with Crippen molar-refractivity contribution >= 4 is 5.95 Å². The van der Waals surface area contributed by atoms with Gasteiger partial charge in [-0.2, -0.15) is 0 Å². The van der Waals surface area contributed by atoms with Gasteiger partial charge in [-0.15, -0.1) is 10.2 Å². The van der Waals surface area contributed by atoms with Crippen molar-refractivity contribution in [3.63, 3.8) is 0 Å². The van der Waals surface area contributed by atoms with Gasteiger partial charge in [-0.05, 0) is 30.7 Å². The molecule has 0 saturated heterocycles. The second-order valence-electron chi connectivity index (χ2n) is 4.71. The maximum atomic E-state index is 12.1. The molecule has 0 aliphatic rings. The van der Waals surface area contributed by atoms with Gasteiger partial charge in [0.05, 0.1) is 7.11 Å². The lowest BCUT2D eigenvalue weighted by Crippen LogP contribution is -2.17.